The maximum atomic E-state index is 11.6. The van der Waals surface area contributed by atoms with Crippen LogP contribution >= 0.6 is 0 Å². The summed E-state index contributed by atoms with van der Waals surface area (Å²) in [5.41, 5.74) is 3.56. The smallest absolute Gasteiger partial charge is 0.160 e. The standard InChI is InChI=1S/C15H14O2/c1-10-9-12(17)7-8-13(10)15-6-4-3-5-14(15)11(2)16/h3-9,17H,1-2H3. The van der Waals surface area contributed by atoms with E-state index in [4.69, 9.17) is 0 Å². The van der Waals surface area contributed by atoms with Gasteiger partial charge < -0.3 is 5.11 Å². The van der Waals surface area contributed by atoms with Crippen molar-refractivity contribution in [2.45, 2.75) is 13.8 Å². The number of phenols is 1. The molecule has 0 bridgehead atoms. The summed E-state index contributed by atoms with van der Waals surface area (Å²) >= 11 is 0. The Kier molecular flexibility index (Phi) is 2.96. The normalized spacial score (nSPS) is 10.2. The first kappa shape index (κ1) is 11.4. The number of phenolic OH excluding ortho intramolecular Hbond substituents is 1. The largest absolute Gasteiger partial charge is 0.508 e. The molecule has 17 heavy (non-hydrogen) atoms. The van der Waals surface area contributed by atoms with Gasteiger partial charge in [0.1, 0.15) is 5.75 Å². The van der Waals surface area contributed by atoms with Crippen LogP contribution in [0, 0.1) is 6.92 Å². The highest BCUT2D eigenvalue weighted by molar-refractivity contribution is 6.01. The lowest BCUT2D eigenvalue weighted by Gasteiger charge is -2.10. The summed E-state index contributed by atoms with van der Waals surface area (Å²) in [6.45, 7) is 3.49. The minimum atomic E-state index is 0.0491. The van der Waals surface area contributed by atoms with E-state index in [1.807, 2.05) is 37.3 Å². The minimum absolute atomic E-state index is 0.0491. The van der Waals surface area contributed by atoms with Crippen LogP contribution < -0.4 is 0 Å². The number of rotatable bonds is 2. The Morgan fingerprint density at radius 3 is 2.41 bits per heavy atom. The molecule has 0 fully saturated rings. The number of carbonyl (C=O) groups excluding carboxylic acids is 1. The van der Waals surface area contributed by atoms with Gasteiger partial charge in [0.15, 0.2) is 5.78 Å². The van der Waals surface area contributed by atoms with Crippen molar-refractivity contribution in [3.63, 3.8) is 0 Å². The Labute approximate surface area is 101 Å². The summed E-state index contributed by atoms with van der Waals surface area (Å²) < 4.78 is 0. The molecule has 0 aliphatic carbocycles. The zero-order valence-corrected chi connectivity index (χ0v) is 9.90. The Balaban J connectivity index is 2.64. The highest BCUT2D eigenvalue weighted by Gasteiger charge is 2.10. The Bertz CT molecular complexity index is 571. The van der Waals surface area contributed by atoms with E-state index in [9.17, 15) is 9.90 Å². The van der Waals surface area contributed by atoms with E-state index >= 15 is 0 Å². The second-order valence-corrected chi connectivity index (χ2v) is 4.10. The molecule has 2 heteroatoms. The fourth-order valence-electron chi connectivity index (χ4n) is 1.98. The van der Waals surface area contributed by atoms with Gasteiger partial charge in [0.05, 0.1) is 0 Å². The predicted molar refractivity (Wildman–Crippen MR) is 68.3 cm³/mol. The van der Waals surface area contributed by atoms with E-state index in [1.54, 1.807) is 19.1 Å². The second-order valence-electron chi connectivity index (χ2n) is 4.10. The summed E-state index contributed by atoms with van der Waals surface area (Å²) in [5.74, 6) is 0.291. The van der Waals surface area contributed by atoms with Gasteiger partial charge in [-0.15, -0.1) is 0 Å². The molecule has 0 aromatic heterocycles. The SMILES string of the molecule is CC(=O)c1ccccc1-c1ccc(O)cc1C. The first-order chi connectivity index (χ1) is 8.09. The molecule has 1 N–H and O–H groups in total. The number of Topliss-reactive ketones (excluding diaryl/α,β-unsaturated/α-hetero) is 1. The predicted octanol–water partition coefficient (Wildman–Crippen LogP) is 3.57. The van der Waals surface area contributed by atoms with Crippen molar-refractivity contribution in [3.05, 3.63) is 53.6 Å². The quantitative estimate of drug-likeness (QED) is 0.795. The number of hydrogen-bond donors (Lipinski definition) is 1. The number of hydrogen-bond acceptors (Lipinski definition) is 2. The fourth-order valence-corrected chi connectivity index (χ4v) is 1.98. The second kappa shape index (κ2) is 4.42. The van der Waals surface area contributed by atoms with Crippen LogP contribution in [0.2, 0.25) is 0 Å². The lowest BCUT2D eigenvalue weighted by atomic mass is 9.94. The number of ketones is 1. The van der Waals surface area contributed by atoms with Gasteiger partial charge in [-0.1, -0.05) is 30.3 Å². The van der Waals surface area contributed by atoms with Crippen LogP contribution in [0.4, 0.5) is 0 Å². The van der Waals surface area contributed by atoms with Crippen molar-refractivity contribution in [1.82, 2.24) is 0 Å². The number of carbonyl (C=O) groups is 1. The Morgan fingerprint density at radius 2 is 1.76 bits per heavy atom. The van der Waals surface area contributed by atoms with E-state index in [0.717, 1.165) is 16.7 Å². The zero-order chi connectivity index (χ0) is 12.4. The van der Waals surface area contributed by atoms with Crippen LogP contribution in [0.3, 0.4) is 0 Å². The highest BCUT2D eigenvalue weighted by Crippen LogP contribution is 2.29. The molecular weight excluding hydrogens is 212 g/mol. The molecule has 0 aliphatic rings. The molecule has 2 aromatic rings. The molecule has 86 valence electrons. The van der Waals surface area contributed by atoms with Crippen molar-refractivity contribution in [3.8, 4) is 16.9 Å². The van der Waals surface area contributed by atoms with Crippen LogP contribution in [0.25, 0.3) is 11.1 Å². The van der Waals surface area contributed by atoms with Crippen LogP contribution in [-0.2, 0) is 0 Å². The molecule has 0 radical (unpaired) electrons. The number of aryl methyl sites for hydroxylation is 1. The lowest BCUT2D eigenvalue weighted by molar-refractivity contribution is 0.101. The first-order valence-corrected chi connectivity index (χ1v) is 5.49. The Hall–Kier alpha value is -2.09. The molecule has 0 aliphatic heterocycles. The minimum Gasteiger partial charge on any atom is -0.508 e. The van der Waals surface area contributed by atoms with Crippen LogP contribution in [0.15, 0.2) is 42.5 Å². The van der Waals surface area contributed by atoms with E-state index in [2.05, 4.69) is 0 Å². The van der Waals surface area contributed by atoms with Crippen molar-refractivity contribution >= 4 is 5.78 Å². The van der Waals surface area contributed by atoms with Crippen LogP contribution in [-0.4, -0.2) is 10.9 Å². The molecule has 0 unspecified atom stereocenters. The van der Waals surface area contributed by atoms with Crippen molar-refractivity contribution in [1.29, 1.82) is 0 Å². The van der Waals surface area contributed by atoms with Gasteiger partial charge in [-0.3, -0.25) is 4.79 Å². The average molecular weight is 226 g/mol. The third-order valence-corrected chi connectivity index (χ3v) is 2.81. The average Bonchev–Trinajstić information content (AvgIpc) is 2.29. The van der Waals surface area contributed by atoms with Gasteiger partial charge in [-0.25, -0.2) is 0 Å². The van der Waals surface area contributed by atoms with Gasteiger partial charge in [-0.05, 0) is 42.7 Å². The molecule has 0 amide bonds. The van der Waals surface area contributed by atoms with Crippen LogP contribution in [0.1, 0.15) is 22.8 Å². The maximum Gasteiger partial charge on any atom is 0.160 e. The number of benzene rings is 2. The zero-order valence-electron chi connectivity index (χ0n) is 9.90. The molecule has 0 heterocycles. The summed E-state index contributed by atoms with van der Waals surface area (Å²) in [4.78, 5) is 11.6. The van der Waals surface area contributed by atoms with E-state index in [0.29, 0.717) is 5.56 Å². The van der Waals surface area contributed by atoms with Gasteiger partial charge >= 0.3 is 0 Å². The molecule has 0 saturated heterocycles. The van der Waals surface area contributed by atoms with Gasteiger partial charge in [-0.2, -0.15) is 0 Å². The number of aromatic hydroxyl groups is 1. The van der Waals surface area contributed by atoms with Gasteiger partial charge in [0.25, 0.3) is 0 Å². The molecule has 2 rings (SSSR count). The lowest BCUT2D eigenvalue weighted by Crippen LogP contribution is -1.96. The summed E-state index contributed by atoms with van der Waals surface area (Å²) in [5, 5.41) is 9.40. The van der Waals surface area contributed by atoms with E-state index in [1.165, 1.54) is 0 Å². The topological polar surface area (TPSA) is 37.3 Å². The van der Waals surface area contributed by atoms with Crippen molar-refractivity contribution in [2.75, 3.05) is 0 Å². The van der Waals surface area contributed by atoms with Gasteiger partial charge in [0.2, 0.25) is 0 Å². The third kappa shape index (κ3) is 2.21. The van der Waals surface area contributed by atoms with Crippen LogP contribution in [0.5, 0.6) is 5.75 Å². The van der Waals surface area contributed by atoms with Gasteiger partial charge in [0, 0.05) is 5.56 Å². The summed E-state index contributed by atoms with van der Waals surface area (Å²) in [7, 11) is 0. The Morgan fingerprint density at radius 1 is 1.06 bits per heavy atom. The monoisotopic (exact) mass is 226 g/mol. The molecule has 0 spiro atoms. The fraction of sp³-hybridized carbons (Fsp3) is 0.133. The summed E-state index contributed by atoms with van der Waals surface area (Å²) in [6.07, 6.45) is 0. The molecule has 0 atom stereocenters. The third-order valence-electron chi connectivity index (χ3n) is 2.81. The molecule has 2 aromatic carbocycles. The van der Waals surface area contributed by atoms with E-state index in [-0.39, 0.29) is 11.5 Å². The first-order valence-electron chi connectivity index (χ1n) is 5.49. The molecular formula is C15H14O2. The summed E-state index contributed by atoms with van der Waals surface area (Å²) in [6, 6.07) is 12.7. The van der Waals surface area contributed by atoms with E-state index < -0.39 is 0 Å². The van der Waals surface area contributed by atoms with Crippen molar-refractivity contribution in [2.24, 2.45) is 0 Å². The van der Waals surface area contributed by atoms with Crippen molar-refractivity contribution < 1.29 is 9.90 Å². The maximum absolute atomic E-state index is 11.6. The molecule has 2 nitrogen and oxygen atoms in total. The molecule has 0 saturated carbocycles. The highest BCUT2D eigenvalue weighted by atomic mass is 16.3.